The molecule has 0 rings (SSSR count). The van der Waals surface area contributed by atoms with Gasteiger partial charge in [-0.25, -0.2) is 0 Å². The van der Waals surface area contributed by atoms with Crippen LogP contribution < -0.4 is 0 Å². The minimum Gasteiger partial charge on any atom is -0.462 e. The molecule has 0 heterocycles. The number of carbonyl (C=O) groups excluding carboxylic acids is 3. The maximum Gasteiger partial charge on any atom is 0.306 e. The molecule has 1 unspecified atom stereocenters. The quantitative estimate of drug-likeness (QED) is 0.0266. The van der Waals surface area contributed by atoms with Crippen LogP contribution in [0.25, 0.3) is 0 Å². The molecule has 0 bridgehead atoms. The zero-order valence-corrected chi connectivity index (χ0v) is 36.7. The van der Waals surface area contributed by atoms with Crippen molar-refractivity contribution >= 4 is 17.9 Å². The van der Waals surface area contributed by atoms with Crippen molar-refractivity contribution in [1.29, 1.82) is 0 Å². The van der Waals surface area contributed by atoms with Gasteiger partial charge in [0.2, 0.25) is 0 Å². The van der Waals surface area contributed by atoms with Crippen molar-refractivity contribution in [1.82, 2.24) is 0 Å². The van der Waals surface area contributed by atoms with Crippen LogP contribution in [0.5, 0.6) is 0 Å². The average Bonchev–Trinajstić information content (AvgIpc) is 3.18. The molecule has 0 aromatic carbocycles. The Bertz CT molecular complexity index is 896. The molecule has 0 saturated carbocycles. The molecule has 0 aromatic rings. The molecule has 0 radical (unpaired) electrons. The van der Waals surface area contributed by atoms with E-state index in [1.165, 1.54) is 141 Å². The van der Waals surface area contributed by atoms with Crippen molar-refractivity contribution in [2.45, 2.75) is 258 Å². The van der Waals surface area contributed by atoms with Gasteiger partial charge in [-0.2, -0.15) is 0 Å². The van der Waals surface area contributed by atoms with E-state index in [0.717, 1.165) is 70.6 Å². The lowest BCUT2D eigenvalue weighted by atomic mass is 10.0. The fraction of sp³-hybridized carbons (Fsp3) is 0.857. The number of carbonyl (C=O) groups is 3. The molecule has 0 fully saturated rings. The Hall–Kier alpha value is -2.11. The number of rotatable bonds is 43. The summed E-state index contributed by atoms with van der Waals surface area (Å²) in [4.78, 5) is 37.7. The monoisotopic (exact) mass is 775 g/mol. The molecular formula is C49H90O6. The SMILES string of the molecule is CCCCC/C=C\CCCCCCCC(=O)OC(COC(=O)CCC/C=C\CCCCCC)COC(=O)CCCCCCCCCCCCCCCCCC. The Morgan fingerprint density at radius 2 is 0.618 bits per heavy atom. The van der Waals surface area contributed by atoms with E-state index < -0.39 is 6.10 Å². The zero-order valence-electron chi connectivity index (χ0n) is 36.7. The highest BCUT2D eigenvalue weighted by Gasteiger charge is 2.19. The van der Waals surface area contributed by atoms with E-state index in [4.69, 9.17) is 14.2 Å². The summed E-state index contributed by atoms with van der Waals surface area (Å²) in [6.07, 6.45) is 48.8. The van der Waals surface area contributed by atoms with Gasteiger partial charge in [0.25, 0.3) is 0 Å². The van der Waals surface area contributed by atoms with Gasteiger partial charge in [-0.3, -0.25) is 14.4 Å². The highest BCUT2D eigenvalue weighted by atomic mass is 16.6. The van der Waals surface area contributed by atoms with Gasteiger partial charge in [0, 0.05) is 19.3 Å². The van der Waals surface area contributed by atoms with E-state index in [0.29, 0.717) is 19.3 Å². The predicted molar refractivity (Wildman–Crippen MR) is 233 cm³/mol. The van der Waals surface area contributed by atoms with E-state index in [9.17, 15) is 14.4 Å². The van der Waals surface area contributed by atoms with Crippen LogP contribution in [0.2, 0.25) is 0 Å². The molecule has 0 aliphatic heterocycles. The summed E-state index contributed by atoms with van der Waals surface area (Å²) in [6, 6.07) is 0. The third-order valence-corrected chi connectivity index (χ3v) is 10.4. The Labute approximate surface area is 341 Å². The molecule has 322 valence electrons. The summed E-state index contributed by atoms with van der Waals surface area (Å²) in [6.45, 7) is 6.56. The van der Waals surface area contributed by atoms with Crippen molar-refractivity contribution in [3.63, 3.8) is 0 Å². The molecule has 6 heteroatoms. The highest BCUT2D eigenvalue weighted by molar-refractivity contribution is 5.71. The normalized spacial score (nSPS) is 12.1. The molecule has 0 saturated heterocycles. The van der Waals surface area contributed by atoms with Crippen LogP contribution in [-0.2, 0) is 28.6 Å². The summed E-state index contributed by atoms with van der Waals surface area (Å²) in [5.41, 5.74) is 0. The maximum atomic E-state index is 12.7. The minimum absolute atomic E-state index is 0.0799. The van der Waals surface area contributed by atoms with Gasteiger partial charge in [-0.1, -0.05) is 193 Å². The third-order valence-electron chi connectivity index (χ3n) is 10.4. The van der Waals surface area contributed by atoms with Crippen molar-refractivity contribution in [2.24, 2.45) is 0 Å². The lowest BCUT2D eigenvalue weighted by Gasteiger charge is -2.18. The predicted octanol–water partition coefficient (Wildman–Crippen LogP) is 15.2. The van der Waals surface area contributed by atoms with Crippen LogP contribution in [0, 0.1) is 0 Å². The summed E-state index contributed by atoms with van der Waals surface area (Å²) in [5, 5.41) is 0. The van der Waals surface area contributed by atoms with E-state index in [1.807, 2.05) is 0 Å². The van der Waals surface area contributed by atoms with Crippen LogP contribution in [0.15, 0.2) is 24.3 Å². The lowest BCUT2D eigenvalue weighted by Crippen LogP contribution is -2.30. The molecule has 0 aromatic heterocycles. The maximum absolute atomic E-state index is 12.7. The van der Waals surface area contributed by atoms with Gasteiger partial charge in [-0.15, -0.1) is 0 Å². The van der Waals surface area contributed by atoms with Crippen molar-refractivity contribution in [3.8, 4) is 0 Å². The second-order valence-corrected chi connectivity index (χ2v) is 16.0. The Morgan fingerprint density at radius 3 is 1.04 bits per heavy atom. The Morgan fingerprint density at radius 1 is 0.345 bits per heavy atom. The van der Waals surface area contributed by atoms with Gasteiger partial charge in [0.1, 0.15) is 13.2 Å². The number of unbranched alkanes of at least 4 members (excludes halogenated alkanes) is 28. The van der Waals surface area contributed by atoms with Crippen molar-refractivity contribution < 1.29 is 28.6 Å². The number of allylic oxidation sites excluding steroid dienone is 4. The first-order valence-electron chi connectivity index (χ1n) is 23.8. The molecule has 0 aliphatic carbocycles. The van der Waals surface area contributed by atoms with Crippen LogP contribution in [0.3, 0.4) is 0 Å². The first kappa shape index (κ1) is 52.9. The summed E-state index contributed by atoms with van der Waals surface area (Å²) < 4.78 is 16.7. The fourth-order valence-electron chi connectivity index (χ4n) is 6.79. The first-order chi connectivity index (χ1) is 27.0. The molecule has 0 aliphatic rings. The van der Waals surface area contributed by atoms with E-state index in [-0.39, 0.29) is 31.1 Å². The minimum atomic E-state index is -0.779. The van der Waals surface area contributed by atoms with E-state index in [2.05, 4.69) is 45.1 Å². The Balaban J connectivity index is 4.32. The summed E-state index contributed by atoms with van der Waals surface area (Å²) in [5.74, 6) is -0.920. The molecule has 0 N–H and O–H groups in total. The number of ether oxygens (including phenoxy) is 3. The van der Waals surface area contributed by atoms with Crippen LogP contribution in [-0.4, -0.2) is 37.2 Å². The smallest absolute Gasteiger partial charge is 0.306 e. The standard InChI is InChI=1S/C49H90O6/c1-4-7-10-13-16-19-21-23-24-25-26-28-30-33-36-39-42-48(51)54-45-46(44-53-47(50)41-38-35-32-29-18-15-12-9-6-3)55-49(52)43-40-37-34-31-27-22-20-17-14-11-8-5-2/h17,20,29,32,46H,4-16,18-19,21-28,30-31,33-45H2,1-3H3/b20-17-,32-29-. The molecule has 0 spiro atoms. The number of hydrogen-bond donors (Lipinski definition) is 0. The third kappa shape index (κ3) is 42.9. The van der Waals surface area contributed by atoms with E-state index in [1.54, 1.807) is 0 Å². The molecule has 1 atom stereocenters. The van der Waals surface area contributed by atoms with Crippen LogP contribution in [0.1, 0.15) is 252 Å². The van der Waals surface area contributed by atoms with Crippen LogP contribution in [0.4, 0.5) is 0 Å². The molecule has 6 nitrogen and oxygen atoms in total. The second kappa shape index (κ2) is 44.6. The zero-order chi connectivity index (χ0) is 40.1. The molecule has 55 heavy (non-hydrogen) atoms. The van der Waals surface area contributed by atoms with Gasteiger partial charge in [0.15, 0.2) is 6.10 Å². The molecule has 0 amide bonds. The Kier molecular flexibility index (Phi) is 42.9. The van der Waals surface area contributed by atoms with Crippen molar-refractivity contribution in [3.05, 3.63) is 24.3 Å². The van der Waals surface area contributed by atoms with Gasteiger partial charge in [0.05, 0.1) is 0 Å². The van der Waals surface area contributed by atoms with Gasteiger partial charge in [-0.05, 0) is 64.2 Å². The summed E-state index contributed by atoms with van der Waals surface area (Å²) >= 11 is 0. The highest BCUT2D eigenvalue weighted by Crippen LogP contribution is 2.15. The fourth-order valence-corrected chi connectivity index (χ4v) is 6.79. The molecular weight excluding hydrogens is 685 g/mol. The number of hydrogen-bond acceptors (Lipinski definition) is 6. The van der Waals surface area contributed by atoms with Gasteiger partial charge < -0.3 is 14.2 Å². The topological polar surface area (TPSA) is 78.9 Å². The lowest BCUT2D eigenvalue weighted by molar-refractivity contribution is -0.167. The van der Waals surface area contributed by atoms with Crippen LogP contribution >= 0.6 is 0 Å². The van der Waals surface area contributed by atoms with Crippen molar-refractivity contribution in [2.75, 3.05) is 13.2 Å². The largest absolute Gasteiger partial charge is 0.462 e. The second-order valence-electron chi connectivity index (χ2n) is 16.0. The van der Waals surface area contributed by atoms with Gasteiger partial charge >= 0.3 is 17.9 Å². The first-order valence-corrected chi connectivity index (χ1v) is 23.8. The average molecular weight is 775 g/mol. The number of esters is 3. The van der Waals surface area contributed by atoms with E-state index >= 15 is 0 Å². The summed E-state index contributed by atoms with van der Waals surface area (Å²) in [7, 11) is 0.